The topological polar surface area (TPSA) is 93.9 Å². The zero-order valence-corrected chi connectivity index (χ0v) is 16.3. The number of hydrogen-bond acceptors (Lipinski definition) is 6. The molecule has 0 radical (unpaired) electrons. The number of non-ortho nitro benzene ring substituents is 1. The van der Waals surface area contributed by atoms with Crippen molar-refractivity contribution in [2.45, 2.75) is 30.9 Å². The van der Waals surface area contributed by atoms with Crippen molar-refractivity contribution >= 4 is 29.1 Å². The van der Waals surface area contributed by atoms with Crippen molar-refractivity contribution in [3.8, 4) is 5.75 Å². The Morgan fingerprint density at radius 3 is 2.89 bits per heavy atom. The summed E-state index contributed by atoms with van der Waals surface area (Å²) in [5.74, 6) is 1.30. The van der Waals surface area contributed by atoms with E-state index in [-0.39, 0.29) is 17.5 Å². The van der Waals surface area contributed by atoms with Crippen LogP contribution in [0.25, 0.3) is 0 Å². The average molecular weight is 405 g/mol. The maximum atomic E-state index is 10.9. The van der Waals surface area contributed by atoms with Crippen molar-refractivity contribution in [3.63, 3.8) is 0 Å². The molecular formula is C18H17ClN4O3S. The Hall–Kier alpha value is -2.58. The smallest absolute Gasteiger partial charge is 0.269 e. The number of nitrogens with one attached hydrogen (secondary N) is 1. The number of H-pyrrole nitrogens is 1. The summed E-state index contributed by atoms with van der Waals surface area (Å²) in [5.41, 5.74) is 1.85. The highest BCUT2D eigenvalue weighted by Gasteiger charge is 2.15. The largest absolute Gasteiger partial charge is 0.486 e. The van der Waals surface area contributed by atoms with Crippen LogP contribution in [0.3, 0.4) is 0 Å². The number of rotatable bonds is 7. The predicted molar refractivity (Wildman–Crippen MR) is 104 cm³/mol. The number of hydrogen-bond donors (Lipinski definition) is 1. The van der Waals surface area contributed by atoms with Gasteiger partial charge in [-0.15, -0.1) is 5.10 Å². The van der Waals surface area contributed by atoms with Gasteiger partial charge in [0.1, 0.15) is 12.4 Å². The van der Waals surface area contributed by atoms with E-state index in [2.05, 4.69) is 15.2 Å². The lowest BCUT2D eigenvalue weighted by Gasteiger charge is -2.08. The molecule has 0 spiro atoms. The maximum Gasteiger partial charge on any atom is 0.269 e. The molecule has 7 nitrogen and oxygen atoms in total. The van der Waals surface area contributed by atoms with Crippen LogP contribution < -0.4 is 4.74 Å². The van der Waals surface area contributed by atoms with Gasteiger partial charge in [-0.25, -0.2) is 4.98 Å². The minimum Gasteiger partial charge on any atom is -0.486 e. The second-order valence-electron chi connectivity index (χ2n) is 5.88. The molecule has 1 atom stereocenters. The molecule has 140 valence electrons. The van der Waals surface area contributed by atoms with Gasteiger partial charge in [-0.05, 0) is 43.2 Å². The normalized spacial score (nSPS) is 12.0. The molecule has 27 heavy (non-hydrogen) atoms. The minimum atomic E-state index is -0.401. The molecule has 1 N–H and O–H groups in total. The number of aromatic amines is 1. The van der Waals surface area contributed by atoms with Crippen LogP contribution in [0.2, 0.25) is 5.02 Å². The molecule has 0 aliphatic heterocycles. The molecule has 0 amide bonds. The van der Waals surface area contributed by atoms with Crippen LogP contribution in [0.5, 0.6) is 5.75 Å². The van der Waals surface area contributed by atoms with Gasteiger partial charge in [0.25, 0.3) is 5.69 Å². The number of aryl methyl sites for hydroxylation is 1. The van der Waals surface area contributed by atoms with E-state index in [1.54, 1.807) is 24.3 Å². The molecule has 3 aromatic rings. The second-order valence-corrected chi connectivity index (χ2v) is 7.59. The Morgan fingerprint density at radius 1 is 1.33 bits per heavy atom. The molecule has 0 bridgehead atoms. The van der Waals surface area contributed by atoms with Crippen molar-refractivity contribution in [2.75, 3.05) is 0 Å². The monoisotopic (exact) mass is 404 g/mol. The van der Waals surface area contributed by atoms with Gasteiger partial charge in [0.15, 0.2) is 5.82 Å². The lowest BCUT2D eigenvalue weighted by Crippen LogP contribution is -1.98. The molecule has 0 fully saturated rings. The van der Waals surface area contributed by atoms with E-state index >= 15 is 0 Å². The van der Waals surface area contributed by atoms with Crippen LogP contribution in [-0.2, 0) is 6.61 Å². The van der Waals surface area contributed by atoms with Gasteiger partial charge in [-0.2, -0.15) is 0 Å². The third kappa shape index (κ3) is 4.99. The molecule has 0 aliphatic carbocycles. The van der Waals surface area contributed by atoms with Gasteiger partial charge in [-0.1, -0.05) is 35.5 Å². The average Bonchev–Trinajstić information content (AvgIpc) is 3.10. The number of nitro groups is 1. The van der Waals surface area contributed by atoms with Crippen LogP contribution in [0.15, 0.2) is 47.6 Å². The molecule has 2 aromatic carbocycles. The first-order chi connectivity index (χ1) is 12.9. The Bertz CT molecular complexity index is 963. The predicted octanol–water partition coefficient (Wildman–Crippen LogP) is 5.11. The van der Waals surface area contributed by atoms with Crippen molar-refractivity contribution in [1.82, 2.24) is 15.2 Å². The fraction of sp³-hybridized carbons (Fsp3) is 0.222. The summed E-state index contributed by atoms with van der Waals surface area (Å²) in [7, 11) is 0. The van der Waals surface area contributed by atoms with Crippen molar-refractivity contribution in [1.29, 1.82) is 0 Å². The molecule has 3 rings (SSSR count). The first-order valence-corrected chi connectivity index (χ1v) is 9.39. The number of nitrogens with zero attached hydrogens (tertiary/aromatic N) is 3. The van der Waals surface area contributed by atoms with Gasteiger partial charge in [0.2, 0.25) is 5.16 Å². The van der Waals surface area contributed by atoms with E-state index in [1.807, 2.05) is 26.0 Å². The first-order valence-electron chi connectivity index (χ1n) is 8.13. The lowest BCUT2D eigenvalue weighted by molar-refractivity contribution is -0.384. The molecule has 0 saturated heterocycles. The quantitative estimate of drug-likeness (QED) is 0.334. The Labute approximate surface area is 165 Å². The molecule has 1 aromatic heterocycles. The van der Waals surface area contributed by atoms with Crippen LogP contribution in [0.4, 0.5) is 5.69 Å². The molecule has 1 heterocycles. The second kappa shape index (κ2) is 8.41. The summed E-state index contributed by atoms with van der Waals surface area (Å²) in [6.45, 7) is 4.11. The third-order valence-corrected chi connectivity index (χ3v) is 5.29. The van der Waals surface area contributed by atoms with E-state index in [4.69, 9.17) is 16.3 Å². The SMILES string of the molecule is Cc1cc(OCc2nc(S[C@H](C)c3cccc([N+](=O)[O-])c3)n[nH]2)ccc1Cl. The summed E-state index contributed by atoms with van der Waals surface area (Å²) in [6, 6.07) is 12.0. The zero-order valence-electron chi connectivity index (χ0n) is 14.7. The summed E-state index contributed by atoms with van der Waals surface area (Å²) < 4.78 is 5.70. The fourth-order valence-electron chi connectivity index (χ4n) is 2.37. The summed E-state index contributed by atoms with van der Waals surface area (Å²) >= 11 is 7.42. The molecule has 9 heteroatoms. The Morgan fingerprint density at radius 2 is 2.15 bits per heavy atom. The molecular weight excluding hydrogens is 388 g/mol. The van der Waals surface area contributed by atoms with Crippen LogP contribution in [0.1, 0.15) is 29.1 Å². The van der Waals surface area contributed by atoms with E-state index in [9.17, 15) is 10.1 Å². The Balaban J connectivity index is 1.61. The first kappa shape index (κ1) is 19.2. The van der Waals surface area contributed by atoms with E-state index < -0.39 is 4.92 Å². The van der Waals surface area contributed by atoms with Crippen molar-refractivity contribution in [2.24, 2.45) is 0 Å². The standard InChI is InChI=1S/C18H17ClN4O3S/c1-11-8-15(6-7-16(11)19)26-10-17-20-18(22-21-17)27-12(2)13-4-3-5-14(9-13)23(24)25/h3-9,12H,10H2,1-2H3,(H,20,21,22)/t12-/m1/s1. The summed E-state index contributed by atoms with van der Waals surface area (Å²) in [6.07, 6.45) is 0. The molecule has 0 aliphatic rings. The van der Waals surface area contributed by atoms with E-state index in [0.29, 0.717) is 21.8 Å². The summed E-state index contributed by atoms with van der Waals surface area (Å²) in [5, 5.41) is 19.1. The minimum absolute atomic E-state index is 0.0339. The highest BCUT2D eigenvalue weighted by Crippen LogP contribution is 2.34. The third-order valence-electron chi connectivity index (χ3n) is 3.85. The number of aromatic nitrogens is 3. The summed E-state index contributed by atoms with van der Waals surface area (Å²) in [4.78, 5) is 14.9. The Kier molecular flexibility index (Phi) is 5.98. The number of nitro benzene ring substituents is 1. The zero-order chi connectivity index (χ0) is 19.4. The van der Waals surface area contributed by atoms with E-state index in [0.717, 1.165) is 11.1 Å². The number of benzene rings is 2. The van der Waals surface area contributed by atoms with Crippen molar-refractivity contribution < 1.29 is 9.66 Å². The van der Waals surface area contributed by atoms with Crippen LogP contribution in [-0.4, -0.2) is 20.1 Å². The number of ether oxygens (including phenoxy) is 1. The van der Waals surface area contributed by atoms with Crippen LogP contribution >= 0.6 is 23.4 Å². The van der Waals surface area contributed by atoms with Gasteiger partial charge in [0.05, 0.1) is 4.92 Å². The maximum absolute atomic E-state index is 10.9. The highest BCUT2D eigenvalue weighted by molar-refractivity contribution is 7.99. The van der Waals surface area contributed by atoms with Gasteiger partial charge in [0, 0.05) is 22.4 Å². The number of thioether (sulfide) groups is 1. The number of halogens is 1. The van der Waals surface area contributed by atoms with Gasteiger partial charge in [-0.3, -0.25) is 15.2 Å². The fourth-order valence-corrected chi connectivity index (χ4v) is 3.35. The van der Waals surface area contributed by atoms with Crippen LogP contribution in [0, 0.1) is 17.0 Å². The van der Waals surface area contributed by atoms with Crippen molar-refractivity contribution in [3.05, 3.63) is 74.6 Å². The lowest BCUT2D eigenvalue weighted by atomic mass is 10.1. The highest BCUT2D eigenvalue weighted by atomic mass is 35.5. The van der Waals surface area contributed by atoms with Gasteiger partial charge < -0.3 is 4.74 Å². The van der Waals surface area contributed by atoms with Gasteiger partial charge >= 0.3 is 0 Å². The molecule has 0 unspecified atom stereocenters. The molecule has 0 saturated carbocycles. The van der Waals surface area contributed by atoms with E-state index in [1.165, 1.54) is 17.8 Å².